The van der Waals surface area contributed by atoms with Crippen LogP contribution in [0.4, 0.5) is 0 Å². The molecule has 0 aliphatic rings. The summed E-state index contributed by atoms with van der Waals surface area (Å²) in [5, 5.41) is 2.69. The highest BCUT2D eigenvalue weighted by Crippen LogP contribution is 2.33. The number of carbonyl (C=O) groups is 1. The van der Waals surface area contributed by atoms with E-state index < -0.39 is 7.92 Å². The molecule has 0 heterocycles. The van der Waals surface area contributed by atoms with Crippen molar-refractivity contribution in [3.8, 4) is 0 Å². The maximum atomic E-state index is 11.2. The molecule has 0 N–H and O–H groups in total. The molecule has 0 bridgehead atoms. The van der Waals surface area contributed by atoms with Crippen molar-refractivity contribution in [2.24, 2.45) is 0 Å². The predicted molar refractivity (Wildman–Crippen MR) is 79.2 cm³/mol. The minimum atomic E-state index is -0.404. The number of rotatable bonds is 5. The van der Waals surface area contributed by atoms with Crippen molar-refractivity contribution >= 4 is 24.3 Å². The van der Waals surface area contributed by atoms with Gasteiger partial charge in [0, 0.05) is 6.42 Å². The van der Waals surface area contributed by atoms with E-state index in [2.05, 4.69) is 48.5 Å². The summed E-state index contributed by atoms with van der Waals surface area (Å²) in [5.41, 5.74) is 0. The summed E-state index contributed by atoms with van der Waals surface area (Å²) < 4.78 is 0. The monoisotopic (exact) mass is 256 g/mol. The average Bonchev–Trinajstić information content (AvgIpc) is 2.41. The number of Topliss-reactive ketones (excluding diaryl/α,β-unsaturated/α-hetero) is 1. The summed E-state index contributed by atoms with van der Waals surface area (Å²) in [6.07, 6.45) is 1.61. The van der Waals surface area contributed by atoms with Gasteiger partial charge in [0.2, 0.25) is 0 Å². The average molecular weight is 256 g/mol. The number of hydrogen-bond donors (Lipinski definition) is 0. The van der Waals surface area contributed by atoms with E-state index in [1.807, 2.05) is 12.1 Å². The smallest absolute Gasteiger partial charge is 0.130 e. The third-order valence-corrected chi connectivity index (χ3v) is 5.34. The van der Waals surface area contributed by atoms with Crippen molar-refractivity contribution in [2.75, 3.05) is 6.16 Å². The second-order valence-electron chi connectivity index (χ2n) is 4.27. The zero-order chi connectivity index (χ0) is 12.8. The lowest BCUT2D eigenvalue weighted by Gasteiger charge is -2.17. The molecule has 2 rings (SSSR count). The molecule has 0 unspecified atom stereocenters. The first-order valence-electron chi connectivity index (χ1n) is 6.14. The molecule has 0 radical (unpaired) electrons. The highest BCUT2D eigenvalue weighted by Gasteiger charge is 2.13. The highest BCUT2D eigenvalue weighted by molar-refractivity contribution is 7.73. The van der Waals surface area contributed by atoms with Gasteiger partial charge in [0.15, 0.2) is 0 Å². The van der Waals surface area contributed by atoms with E-state index >= 15 is 0 Å². The highest BCUT2D eigenvalue weighted by atomic mass is 31.1. The molecule has 0 saturated heterocycles. The van der Waals surface area contributed by atoms with Crippen molar-refractivity contribution in [1.29, 1.82) is 0 Å². The summed E-state index contributed by atoms with van der Waals surface area (Å²) >= 11 is 0. The summed E-state index contributed by atoms with van der Waals surface area (Å²) in [4.78, 5) is 11.2. The van der Waals surface area contributed by atoms with Crippen LogP contribution in [0.25, 0.3) is 0 Å². The molecular weight excluding hydrogens is 239 g/mol. The second-order valence-corrected chi connectivity index (χ2v) is 6.61. The minimum Gasteiger partial charge on any atom is -0.300 e. The summed E-state index contributed by atoms with van der Waals surface area (Å²) in [7, 11) is -0.404. The van der Waals surface area contributed by atoms with Gasteiger partial charge < -0.3 is 4.79 Å². The van der Waals surface area contributed by atoms with E-state index in [9.17, 15) is 4.79 Å². The van der Waals surface area contributed by atoms with Gasteiger partial charge in [-0.2, -0.15) is 0 Å². The standard InChI is InChI=1S/C16H17OP/c1-14(17)12-13-18(15-8-4-2-5-9-15)16-10-6-3-7-11-16/h2-11H,12-13H2,1H3. The van der Waals surface area contributed by atoms with Crippen molar-refractivity contribution in [3.63, 3.8) is 0 Å². The van der Waals surface area contributed by atoms with Gasteiger partial charge in [-0.15, -0.1) is 0 Å². The van der Waals surface area contributed by atoms with Gasteiger partial charge in [-0.1, -0.05) is 60.7 Å². The van der Waals surface area contributed by atoms with E-state index in [0.717, 1.165) is 6.16 Å². The molecular formula is C16H17OP. The Bertz CT molecular complexity index is 454. The molecule has 0 amide bonds. The van der Waals surface area contributed by atoms with E-state index in [4.69, 9.17) is 0 Å². The first-order chi connectivity index (χ1) is 8.77. The first-order valence-corrected chi connectivity index (χ1v) is 7.67. The lowest BCUT2D eigenvalue weighted by molar-refractivity contribution is -0.116. The van der Waals surface area contributed by atoms with Gasteiger partial charge >= 0.3 is 0 Å². The largest absolute Gasteiger partial charge is 0.300 e. The van der Waals surface area contributed by atoms with Crippen LogP contribution in [0, 0.1) is 0 Å². The van der Waals surface area contributed by atoms with Crippen molar-refractivity contribution in [2.45, 2.75) is 13.3 Å². The maximum Gasteiger partial charge on any atom is 0.130 e. The Morgan fingerprint density at radius 3 is 1.72 bits per heavy atom. The van der Waals surface area contributed by atoms with Crippen LogP contribution in [0.5, 0.6) is 0 Å². The van der Waals surface area contributed by atoms with Crippen LogP contribution >= 0.6 is 7.92 Å². The van der Waals surface area contributed by atoms with Crippen LogP contribution in [-0.2, 0) is 4.79 Å². The van der Waals surface area contributed by atoms with Crippen molar-refractivity contribution in [1.82, 2.24) is 0 Å². The Kier molecular flexibility index (Phi) is 4.66. The fourth-order valence-corrected chi connectivity index (χ4v) is 4.31. The zero-order valence-electron chi connectivity index (χ0n) is 10.5. The first kappa shape index (κ1) is 13.0. The topological polar surface area (TPSA) is 17.1 Å². The number of benzene rings is 2. The number of ketones is 1. The zero-order valence-corrected chi connectivity index (χ0v) is 11.4. The lowest BCUT2D eigenvalue weighted by atomic mass is 10.3. The van der Waals surface area contributed by atoms with Crippen LogP contribution in [0.2, 0.25) is 0 Å². The van der Waals surface area contributed by atoms with E-state index in [1.54, 1.807) is 6.92 Å². The van der Waals surface area contributed by atoms with Crippen LogP contribution in [0.15, 0.2) is 60.7 Å². The minimum absolute atomic E-state index is 0.273. The van der Waals surface area contributed by atoms with Gasteiger partial charge in [-0.3, -0.25) is 0 Å². The molecule has 92 valence electrons. The fraction of sp³-hybridized carbons (Fsp3) is 0.188. The van der Waals surface area contributed by atoms with Gasteiger partial charge in [0.05, 0.1) is 0 Å². The molecule has 2 heteroatoms. The van der Waals surface area contributed by atoms with Crippen molar-refractivity contribution < 1.29 is 4.79 Å². The lowest BCUT2D eigenvalue weighted by Crippen LogP contribution is -2.14. The Labute approximate surface area is 110 Å². The summed E-state index contributed by atoms with van der Waals surface area (Å²) in [5.74, 6) is 0.273. The molecule has 0 aromatic heterocycles. The SMILES string of the molecule is CC(=O)CCP(c1ccccc1)c1ccccc1. The summed E-state index contributed by atoms with van der Waals surface area (Å²) in [6, 6.07) is 21.0. The molecule has 0 aliphatic heterocycles. The Morgan fingerprint density at radius 1 is 0.889 bits per heavy atom. The second kappa shape index (κ2) is 6.47. The number of carbonyl (C=O) groups excluding carboxylic acids is 1. The van der Waals surface area contributed by atoms with Crippen molar-refractivity contribution in [3.05, 3.63) is 60.7 Å². The third kappa shape index (κ3) is 3.51. The molecule has 0 atom stereocenters. The Hall–Kier alpha value is -1.46. The van der Waals surface area contributed by atoms with Gasteiger partial charge in [-0.25, -0.2) is 0 Å². The van der Waals surface area contributed by atoms with Crippen LogP contribution in [0.1, 0.15) is 13.3 Å². The molecule has 0 spiro atoms. The quantitative estimate of drug-likeness (QED) is 0.751. The van der Waals surface area contributed by atoms with Crippen LogP contribution in [-0.4, -0.2) is 11.9 Å². The predicted octanol–water partition coefficient (Wildman–Crippen LogP) is 3.10. The molecule has 2 aromatic carbocycles. The van der Waals surface area contributed by atoms with Gasteiger partial charge in [-0.05, 0) is 31.6 Å². The van der Waals surface area contributed by atoms with E-state index in [1.165, 1.54) is 10.6 Å². The molecule has 18 heavy (non-hydrogen) atoms. The number of hydrogen-bond acceptors (Lipinski definition) is 1. The molecule has 2 aromatic rings. The fourth-order valence-electron chi connectivity index (χ4n) is 1.89. The normalized spacial score (nSPS) is 10.6. The summed E-state index contributed by atoms with van der Waals surface area (Å²) in [6.45, 7) is 1.67. The molecule has 0 fully saturated rings. The third-order valence-electron chi connectivity index (χ3n) is 2.82. The Morgan fingerprint density at radius 2 is 1.33 bits per heavy atom. The Balaban J connectivity index is 2.26. The molecule has 0 saturated carbocycles. The molecule has 0 aliphatic carbocycles. The van der Waals surface area contributed by atoms with E-state index in [-0.39, 0.29) is 5.78 Å². The van der Waals surface area contributed by atoms with Gasteiger partial charge in [0.1, 0.15) is 5.78 Å². The van der Waals surface area contributed by atoms with Gasteiger partial charge in [0.25, 0.3) is 0 Å². The van der Waals surface area contributed by atoms with Crippen LogP contribution in [0.3, 0.4) is 0 Å². The maximum absolute atomic E-state index is 11.2. The molecule has 1 nitrogen and oxygen atoms in total. The van der Waals surface area contributed by atoms with E-state index in [0.29, 0.717) is 6.42 Å². The van der Waals surface area contributed by atoms with Crippen LogP contribution < -0.4 is 10.6 Å².